The zero-order valence-corrected chi connectivity index (χ0v) is 14.3. The molecule has 4 heteroatoms. The number of carbonyl (C=O) groups is 2. The van der Waals surface area contributed by atoms with Crippen LogP contribution in [0, 0.1) is 5.92 Å². The van der Waals surface area contributed by atoms with Crippen LogP contribution in [0.4, 0.5) is 0 Å². The summed E-state index contributed by atoms with van der Waals surface area (Å²) in [7, 11) is 0. The van der Waals surface area contributed by atoms with Crippen molar-refractivity contribution in [3.8, 4) is 0 Å². The van der Waals surface area contributed by atoms with E-state index in [2.05, 4.69) is 5.32 Å². The Labute approximate surface area is 139 Å². The fourth-order valence-electron chi connectivity index (χ4n) is 3.16. The Morgan fingerprint density at radius 3 is 2.22 bits per heavy atom. The Bertz CT molecular complexity index is 515. The van der Waals surface area contributed by atoms with Gasteiger partial charge in [-0.25, -0.2) is 0 Å². The number of carbonyl (C=O) groups excluding carboxylic acids is 2. The zero-order chi connectivity index (χ0) is 16.7. The molecule has 0 heterocycles. The third-order valence-corrected chi connectivity index (χ3v) is 4.69. The van der Waals surface area contributed by atoms with Crippen LogP contribution < -0.4 is 5.32 Å². The van der Waals surface area contributed by atoms with Gasteiger partial charge >= 0.3 is 0 Å². The van der Waals surface area contributed by atoms with E-state index in [1.807, 2.05) is 38.1 Å². The number of nitrogens with zero attached hydrogens (tertiary/aromatic N) is 1. The van der Waals surface area contributed by atoms with E-state index in [0.29, 0.717) is 25.2 Å². The lowest BCUT2D eigenvalue weighted by molar-refractivity contribution is -0.126. The topological polar surface area (TPSA) is 49.4 Å². The lowest BCUT2D eigenvalue weighted by Crippen LogP contribution is -2.31. The van der Waals surface area contributed by atoms with E-state index in [1.165, 1.54) is 19.3 Å². The van der Waals surface area contributed by atoms with E-state index >= 15 is 0 Å². The summed E-state index contributed by atoms with van der Waals surface area (Å²) in [5.41, 5.74) is 1.74. The summed E-state index contributed by atoms with van der Waals surface area (Å²) in [5.74, 6) is 0.424. The molecule has 1 aliphatic carbocycles. The fourth-order valence-corrected chi connectivity index (χ4v) is 3.16. The van der Waals surface area contributed by atoms with Crippen molar-refractivity contribution in [1.29, 1.82) is 0 Å². The van der Waals surface area contributed by atoms with Crippen molar-refractivity contribution in [1.82, 2.24) is 10.2 Å². The van der Waals surface area contributed by atoms with Gasteiger partial charge < -0.3 is 10.2 Å². The molecule has 1 fully saturated rings. The Morgan fingerprint density at radius 2 is 1.65 bits per heavy atom. The molecule has 1 saturated carbocycles. The lowest BCUT2D eigenvalue weighted by atomic mass is 9.88. The minimum Gasteiger partial charge on any atom is -0.352 e. The predicted octanol–water partition coefficient (Wildman–Crippen LogP) is 3.37. The molecule has 0 aromatic heterocycles. The first-order valence-corrected chi connectivity index (χ1v) is 8.81. The van der Waals surface area contributed by atoms with Crippen LogP contribution in [0.1, 0.15) is 61.9 Å². The maximum Gasteiger partial charge on any atom is 0.253 e. The number of benzene rings is 1. The number of rotatable bonds is 6. The summed E-state index contributed by atoms with van der Waals surface area (Å²) in [4.78, 5) is 26.2. The number of hydrogen-bond acceptors (Lipinski definition) is 2. The quantitative estimate of drug-likeness (QED) is 0.875. The SMILES string of the molecule is CCN(CC)C(=O)c1ccc(CNC(=O)C2CCCCC2)cc1. The highest BCUT2D eigenvalue weighted by Crippen LogP contribution is 2.23. The van der Waals surface area contributed by atoms with E-state index in [4.69, 9.17) is 0 Å². The van der Waals surface area contributed by atoms with Gasteiger partial charge in [0.1, 0.15) is 0 Å². The van der Waals surface area contributed by atoms with Crippen LogP contribution in [0.15, 0.2) is 24.3 Å². The Balaban J connectivity index is 1.87. The smallest absolute Gasteiger partial charge is 0.253 e. The molecule has 126 valence electrons. The van der Waals surface area contributed by atoms with Crippen LogP contribution in [0.25, 0.3) is 0 Å². The van der Waals surface area contributed by atoms with Crippen molar-refractivity contribution in [3.05, 3.63) is 35.4 Å². The van der Waals surface area contributed by atoms with Gasteiger partial charge in [-0.2, -0.15) is 0 Å². The minimum absolute atomic E-state index is 0.0628. The van der Waals surface area contributed by atoms with Crippen LogP contribution in [0.3, 0.4) is 0 Å². The molecule has 1 aromatic rings. The molecule has 0 radical (unpaired) electrons. The van der Waals surface area contributed by atoms with Crippen LogP contribution in [-0.4, -0.2) is 29.8 Å². The monoisotopic (exact) mass is 316 g/mol. The average Bonchev–Trinajstić information content (AvgIpc) is 2.61. The van der Waals surface area contributed by atoms with E-state index < -0.39 is 0 Å². The van der Waals surface area contributed by atoms with Crippen LogP contribution in [0.5, 0.6) is 0 Å². The first-order chi connectivity index (χ1) is 11.2. The molecule has 0 saturated heterocycles. The summed E-state index contributed by atoms with van der Waals surface area (Å²) in [6.07, 6.45) is 5.62. The Morgan fingerprint density at radius 1 is 1.04 bits per heavy atom. The third-order valence-electron chi connectivity index (χ3n) is 4.69. The van der Waals surface area contributed by atoms with Crippen molar-refractivity contribution >= 4 is 11.8 Å². The molecule has 1 aromatic carbocycles. The Kier molecular flexibility index (Phi) is 6.63. The fraction of sp³-hybridized carbons (Fsp3) is 0.579. The van der Waals surface area contributed by atoms with Gasteiger partial charge in [0.15, 0.2) is 0 Å². The lowest BCUT2D eigenvalue weighted by Gasteiger charge is -2.21. The summed E-state index contributed by atoms with van der Waals surface area (Å²) >= 11 is 0. The summed E-state index contributed by atoms with van der Waals surface area (Å²) < 4.78 is 0. The first-order valence-electron chi connectivity index (χ1n) is 8.81. The van der Waals surface area contributed by atoms with Crippen molar-refractivity contribution in [2.24, 2.45) is 5.92 Å². The number of hydrogen-bond donors (Lipinski definition) is 1. The van der Waals surface area contributed by atoms with Gasteiger partial charge in [-0.15, -0.1) is 0 Å². The molecule has 23 heavy (non-hydrogen) atoms. The highest BCUT2D eigenvalue weighted by molar-refractivity contribution is 5.94. The molecule has 0 bridgehead atoms. The predicted molar refractivity (Wildman–Crippen MR) is 92.1 cm³/mol. The molecule has 2 amide bonds. The molecule has 1 aliphatic rings. The van der Waals surface area contributed by atoms with Crippen molar-refractivity contribution in [3.63, 3.8) is 0 Å². The molecule has 2 rings (SSSR count). The maximum atomic E-state index is 12.2. The summed E-state index contributed by atoms with van der Waals surface area (Å²) in [5, 5.41) is 3.03. The largest absolute Gasteiger partial charge is 0.352 e. The van der Waals surface area contributed by atoms with Gasteiger partial charge in [0.25, 0.3) is 5.91 Å². The average molecular weight is 316 g/mol. The van der Waals surface area contributed by atoms with Crippen LogP contribution in [0.2, 0.25) is 0 Å². The molecule has 0 spiro atoms. The molecule has 1 N–H and O–H groups in total. The minimum atomic E-state index is 0.0628. The van der Waals surface area contributed by atoms with Gasteiger partial charge in [0.05, 0.1) is 0 Å². The normalized spacial score (nSPS) is 15.2. The molecular formula is C19H28N2O2. The van der Waals surface area contributed by atoms with Gasteiger partial charge in [0.2, 0.25) is 5.91 Å². The second-order valence-electron chi connectivity index (χ2n) is 6.23. The molecule has 0 unspecified atom stereocenters. The Hall–Kier alpha value is -1.84. The van der Waals surface area contributed by atoms with E-state index in [0.717, 1.165) is 18.4 Å². The second-order valence-corrected chi connectivity index (χ2v) is 6.23. The van der Waals surface area contributed by atoms with Crippen LogP contribution >= 0.6 is 0 Å². The molecule has 0 aliphatic heterocycles. The maximum absolute atomic E-state index is 12.2. The highest BCUT2D eigenvalue weighted by atomic mass is 16.2. The molecular weight excluding hydrogens is 288 g/mol. The molecule has 4 nitrogen and oxygen atoms in total. The zero-order valence-electron chi connectivity index (χ0n) is 14.3. The van der Waals surface area contributed by atoms with Crippen molar-refractivity contribution in [2.75, 3.05) is 13.1 Å². The third kappa shape index (κ3) is 4.81. The van der Waals surface area contributed by atoms with Gasteiger partial charge in [-0.05, 0) is 44.4 Å². The number of nitrogens with one attached hydrogen (secondary N) is 1. The first kappa shape index (κ1) is 17.5. The van der Waals surface area contributed by atoms with Crippen molar-refractivity contribution in [2.45, 2.75) is 52.5 Å². The van der Waals surface area contributed by atoms with E-state index in [9.17, 15) is 9.59 Å². The van der Waals surface area contributed by atoms with Gasteiger partial charge in [-0.1, -0.05) is 31.4 Å². The van der Waals surface area contributed by atoms with E-state index in [1.54, 1.807) is 4.90 Å². The van der Waals surface area contributed by atoms with Crippen LogP contribution in [-0.2, 0) is 11.3 Å². The standard InChI is InChI=1S/C19H28N2O2/c1-3-21(4-2)19(23)17-12-10-15(11-13-17)14-20-18(22)16-8-6-5-7-9-16/h10-13,16H,3-9,14H2,1-2H3,(H,20,22). The summed E-state index contributed by atoms with van der Waals surface area (Å²) in [6, 6.07) is 7.56. The highest BCUT2D eigenvalue weighted by Gasteiger charge is 2.20. The molecule has 0 atom stereocenters. The van der Waals surface area contributed by atoms with Gasteiger partial charge in [0, 0.05) is 31.1 Å². The van der Waals surface area contributed by atoms with Crippen molar-refractivity contribution < 1.29 is 9.59 Å². The summed E-state index contributed by atoms with van der Waals surface area (Å²) in [6.45, 7) is 5.94. The second kappa shape index (κ2) is 8.70. The van der Waals surface area contributed by atoms with Gasteiger partial charge in [-0.3, -0.25) is 9.59 Å². The van der Waals surface area contributed by atoms with E-state index in [-0.39, 0.29) is 17.7 Å². The number of amides is 2.